The summed E-state index contributed by atoms with van der Waals surface area (Å²) in [5, 5.41) is 3.06. The van der Waals surface area contributed by atoms with Gasteiger partial charge in [0.1, 0.15) is 5.75 Å². The Labute approximate surface area is 115 Å². The summed E-state index contributed by atoms with van der Waals surface area (Å²) in [5.74, 6) is 0.993. The van der Waals surface area contributed by atoms with Crippen LogP contribution >= 0.6 is 0 Å². The number of carbonyl (C=O) groups excluding carboxylic acids is 1. The quantitative estimate of drug-likeness (QED) is 0.908. The number of ether oxygens (including phenoxy) is 1. The molecular formula is C16H23NO2. The molecule has 1 heterocycles. The molecule has 1 amide bonds. The zero-order chi connectivity index (χ0) is 14.3. The minimum absolute atomic E-state index is 0.120. The number of rotatable bonds is 3. The number of hydrogen-bond acceptors (Lipinski definition) is 2. The molecule has 1 fully saturated rings. The first-order valence-electron chi connectivity index (χ1n) is 6.83. The second-order valence-electron chi connectivity index (χ2n) is 6.37. The predicted molar refractivity (Wildman–Crippen MR) is 76.4 cm³/mol. The largest absolute Gasteiger partial charge is 0.491 e. The average molecular weight is 261 g/mol. The zero-order valence-electron chi connectivity index (χ0n) is 12.4. The standard InChI is InChI=1S/C16H23NO2/c1-11(2)19-13-8-6-12(7-9-13)16(5)10-14(18)17-15(16,3)4/h6-9,11H,10H2,1-5H3,(H,17,18). The van der Waals surface area contributed by atoms with E-state index in [9.17, 15) is 4.79 Å². The van der Waals surface area contributed by atoms with Crippen LogP contribution in [0.4, 0.5) is 0 Å². The van der Waals surface area contributed by atoms with Crippen LogP contribution in [0.25, 0.3) is 0 Å². The van der Waals surface area contributed by atoms with Gasteiger partial charge in [0.05, 0.1) is 6.10 Å². The highest BCUT2D eigenvalue weighted by Gasteiger charge is 2.50. The molecular weight excluding hydrogens is 238 g/mol. The number of amides is 1. The lowest BCUT2D eigenvalue weighted by Crippen LogP contribution is -2.48. The smallest absolute Gasteiger partial charge is 0.221 e. The summed E-state index contributed by atoms with van der Waals surface area (Å²) in [6, 6.07) is 8.11. The Morgan fingerprint density at radius 3 is 2.16 bits per heavy atom. The highest BCUT2D eigenvalue weighted by molar-refractivity contribution is 5.82. The van der Waals surface area contributed by atoms with Gasteiger partial charge in [-0.2, -0.15) is 0 Å². The SMILES string of the molecule is CC(C)Oc1ccc(C2(C)CC(=O)NC2(C)C)cc1. The molecule has 0 bridgehead atoms. The normalized spacial score (nSPS) is 25.5. The minimum Gasteiger partial charge on any atom is -0.491 e. The molecule has 1 aromatic carbocycles. The van der Waals surface area contributed by atoms with Crippen LogP contribution in [0, 0.1) is 0 Å². The van der Waals surface area contributed by atoms with E-state index in [1.54, 1.807) is 0 Å². The van der Waals surface area contributed by atoms with Gasteiger partial charge in [-0.25, -0.2) is 0 Å². The minimum atomic E-state index is -0.232. The molecule has 0 radical (unpaired) electrons. The maximum absolute atomic E-state index is 11.7. The third-order valence-corrected chi connectivity index (χ3v) is 4.21. The van der Waals surface area contributed by atoms with Gasteiger partial charge in [0.25, 0.3) is 0 Å². The van der Waals surface area contributed by atoms with Crippen molar-refractivity contribution in [3.63, 3.8) is 0 Å². The van der Waals surface area contributed by atoms with Gasteiger partial charge in [-0.15, -0.1) is 0 Å². The maximum atomic E-state index is 11.7. The number of nitrogens with one attached hydrogen (secondary N) is 1. The van der Waals surface area contributed by atoms with E-state index in [2.05, 4.69) is 38.2 Å². The van der Waals surface area contributed by atoms with Crippen molar-refractivity contribution in [1.82, 2.24) is 5.32 Å². The van der Waals surface area contributed by atoms with Gasteiger partial charge in [-0.1, -0.05) is 19.1 Å². The van der Waals surface area contributed by atoms with Gasteiger partial charge in [-0.3, -0.25) is 4.79 Å². The fraction of sp³-hybridized carbons (Fsp3) is 0.562. The van der Waals surface area contributed by atoms with Crippen molar-refractivity contribution in [1.29, 1.82) is 0 Å². The Balaban J connectivity index is 2.29. The van der Waals surface area contributed by atoms with E-state index in [0.717, 1.165) is 5.75 Å². The molecule has 3 heteroatoms. The van der Waals surface area contributed by atoms with Crippen LogP contribution in [-0.4, -0.2) is 17.6 Å². The van der Waals surface area contributed by atoms with E-state index in [4.69, 9.17) is 4.74 Å². The number of carbonyl (C=O) groups is 1. The van der Waals surface area contributed by atoms with Crippen LogP contribution in [0.2, 0.25) is 0 Å². The third-order valence-electron chi connectivity index (χ3n) is 4.21. The van der Waals surface area contributed by atoms with E-state index < -0.39 is 0 Å². The maximum Gasteiger partial charge on any atom is 0.221 e. The van der Waals surface area contributed by atoms with Crippen molar-refractivity contribution >= 4 is 5.91 Å². The molecule has 1 aliphatic heterocycles. The second kappa shape index (κ2) is 4.55. The molecule has 1 saturated heterocycles. The predicted octanol–water partition coefficient (Wildman–Crippen LogP) is 3.03. The lowest BCUT2D eigenvalue weighted by Gasteiger charge is -2.37. The molecule has 1 aliphatic rings. The number of benzene rings is 1. The molecule has 1 atom stereocenters. The summed E-state index contributed by atoms with van der Waals surface area (Å²) in [5.41, 5.74) is 0.761. The van der Waals surface area contributed by atoms with Gasteiger partial charge in [0.15, 0.2) is 0 Å². The van der Waals surface area contributed by atoms with Crippen LogP contribution in [0.1, 0.15) is 46.6 Å². The Morgan fingerprint density at radius 2 is 1.74 bits per heavy atom. The summed E-state index contributed by atoms with van der Waals surface area (Å²) in [7, 11) is 0. The molecule has 0 spiro atoms. The summed E-state index contributed by atoms with van der Waals surface area (Å²) >= 11 is 0. The van der Waals surface area contributed by atoms with Gasteiger partial charge in [-0.05, 0) is 45.4 Å². The molecule has 0 saturated carbocycles. The van der Waals surface area contributed by atoms with Crippen molar-refractivity contribution in [2.75, 3.05) is 0 Å². The van der Waals surface area contributed by atoms with Crippen molar-refractivity contribution in [3.8, 4) is 5.75 Å². The van der Waals surface area contributed by atoms with Crippen LogP contribution < -0.4 is 10.1 Å². The fourth-order valence-corrected chi connectivity index (χ4v) is 2.71. The summed E-state index contributed by atoms with van der Waals surface area (Å²) in [4.78, 5) is 11.7. The molecule has 1 unspecified atom stereocenters. The van der Waals surface area contributed by atoms with Crippen molar-refractivity contribution in [3.05, 3.63) is 29.8 Å². The molecule has 104 valence electrons. The van der Waals surface area contributed by atoms with Gasteiger partial charge in [0.2, 0.25) is 5.91 Å². The van der Waals surface area contributed by atoms with E-state index >= 15 is 0 Å². The van der Waals surface area contributed by atoms with E-state index in [1.807, 2.05) is 26.0 Å². The third kappa shape index (κ3) is 2.46. The lowest BCUT2D eigenvalue weighted by atomic mass is 9.69. The molecule has 19 heavy (non-hydrogen) atoms. The lowest BCUT2D eigenvalue weighted by molar-refractivity contribution is -0.119. The van der Waals surface area contributed by atoms with Crippen LogP contribution in [0.3, 0.4) is 0 Å². The fourth-order valence-electron chi connectivity index (χ4n) is 2.71. The topological polar surface area (TPSA) is 38.3 Å². The van der Waals surface area contributed by atoms with Crippen molar-refractivity contribution in [2.24, 2.45) is 0 Å². The second-order valence-corrected chi connectivity index (χ2v) is 6.37. The molecule has 2 rings (SSSR count). The van der Waals surface area contributed by atoms with Crippen molar-refractivity contribution < 1.29 is 9.53 Å². The molecule has 1 aromatic rings. The first kappa shape index (κ1) is 13.9. The van der Waals surface area contributed by atoms with Crippen LogP contribution in [0.5, 0.6) is 5.75 Å². The monoisotopic (exact) mass is 261 g/mol. The van der Waals surface area contributed by atoms with Crippen LogP contribution in [0.15, 0.2) is 24.3 Å². The van der Waals surface area contributed by atoms with Gasteiger partial charge >= 0.3 is 0 Å². The summed E-state index contributed by atoms with van der Waals surface area (Å²) < 4.78 is 5.66. The highest BCUT2D eigenvalue weighted by atomic mass is 16.5. The van der Waals surface area contributed by atoms with E-state index in [0.29, 0.717) is 6.42 Å². The Morgan fingerprint density at radius 1 is 1.16 bits per heavy atom. The Kier molecular flexibility index (Phi) is 3.33. The zero-order valence-corrected chi connectivity index (χ0v) is 12.4. The van der Waals surface area contributed by atoms with Gasteiger partial charge in [0, 0.05) is 17.4 Å². The molecule has 0 aliphatic carbocycles. The molecule has 1 N–H and O–H groups in total. The molecule has 0 aromatic heterocycles. The Bertz CT molecular complexity index is 476. The molecule has 3 nitrogen and oxygen atoms in total. The Hall–Kier alpha value is -1.51. The number of hydrogen-bond donors (Lipinski definition) is 1. The van der Waals surface area contributed by atoms with E-state index in [-0.39, 0.29) is 23.0 Å². The van der Waals surface area contributed by atoms with Gasteiger partial charge < -0.3 is 10.1 Å². The first-order valence-corrected chi connectivity index (χ1v) is 6.83. The first-order chi connectivity index (χ1) is 8.74. The van der Waals surface area contributed by atoms with Crippen molar-refractivity contribution in [2.45, 2.75) is 58.1 Å². The van der Waals surface area contributed by atoms with Crippen LogP contribution in [-0.2, 0) is 10.2 Å². The average Bonchev–Trinajstić information content (AvgIpc) is 2.48. The van der Waals surface area contributed by atoms with E-state index in [1.165, 1.54) is 5.56 Å². The summed E-state index contributed by atoms with van der Waals surface area (Å²) in [6.45, 7) is 10.3. The summed E-state index contributed by atoms with van der Waals surface area (Å²) in [6.07, 6.45) is 0.706. The highest BCUT2D eigenvalue weighted by Crippen LogP contribution is 2.42.